The zero-order valence-corrected chi connectivity index (χ0v) is 9.69. The van der Waals surface area contributed by atoms with E-state index in [1.54, 1.807) is 0 Å². The van der Waals surface area contributed by atoms with Crippen molar-refractivity contribution >= 4 is 34.2 Å². The maximum absolute atomic E-state index is 13.4. The molecule has 0 amide bonds. The zero-order valence-electron chi connectivity index (χ0n) is 8.94. The predicted octanol–water partition coefficient (Wildman–Crippen LogP) is 1.93. The number of nitrogens with zero attached hydrogens (tertiary/aromatic N) is 1. The van der Waals surface area contributed by atoms with Crippen LogP contribution in [-0.2, 0) is 0 Å². The van der Waals surface area contributed by atoms with Crippen LogP contribution in [0.15, 0.2) is 17.1 Å². The lowest BCUT2D eigenvalue weighted by atomic mass is 10.1. The molecule has 0 fully saturated rings. The molecule has 7 nitrogen and oxygen atoms in total. The average Bonchev–Trinajstić information content (AvgIpc) is 2.31. The minimum Gasteiger partial charge on any atom is -0.477 e. The van der Waals surface area contributed by atoms with E-state index in [0.29, 0.717) is 6.07 Å². The standard InChI is InChI=1S/C10H4ClFN2O5/c11-6-5(12)1-3-7(8(6)14(18)19)13-2-4(9(3)15)10(16)17/h1-2H,(H,13,15)(H,16,17). The lowest BCUT2D eigenvalue weighted by Gasteiger charge is -2.03. The molecule has 19 heavy (non-hydrogen) atoms. The van der Waals surface area contributed by atoms with E-state index in [1.807, 2.05) is 0 Å². The van der Waals surface area contributed by atoms with Gasteiger partial charge in [-0.1, -0.05) is 11.6 Å². The van der Waals surface area contributed by atoms with Crippen molar-refractivity contribution in [3.8, 4) is 0 Å². The normalized spacial score (nSPS) is 10.6. The van der Waals surface area contributed by atoms with Gasteiger partial charge in [0.15, 0.2) is 5.02 Å². The highest BCUT2D eigenvalue weighted by Gasteiger charge is 2.25. The molecule has 0 saturated carbocycles. The molecule has 9 heteroatoms. The van der Waals surface area contributed by atoms with Crippen LogP contribution in [0.4, 0.5) is 10.1 Å². The van der Waals surface area contributed by atoms with E-state index >= 15 is 0 Å². The fourth-order valence-electron chi connectivity index (χ4n) is 1.62. The second-order valence-corrected chi connectivity index (χ2v) is 3.92. The Hall–Kier alpha value is -2.48. The number of aromatic carboxylic acids is 1. The molecule has 1 aromatic heterocycles. The number of carboxylic acid groups (broad SMARTS) is 1. The SMILES string of the molecule is O=C(O)c1c[nH]c2c([N+](=O)[O-])c(Cl)c(F)cc2c1=O. The number of carbonyl (C=O) groups is 1. The minimum absolute atomic E-state index is 0.327. The van der Waals surface area contributed by atoms with Gasteiger partial charge in [-0.05, 0) is 6.07 Å². The Morgan fingerprint density at radius 1 is 1.53 bits per heavy atom. The summed E-state index contributed by atoms with van der Waals surface area (Å²) in [6.07, 6.45) is 0.800. The van der Waals surface area contributed by atoms with Gasteiger partial charge < -0.3 is 10.1 Å². The van der Waals surface area contributed by atoms with Gasteiger partial charge in [-0.3, -0.25) is 14.9 Å². The van der Waals surface area contributed by atoms with Crippen LogP contribution in [0.5, 0.6) is 0 Å². The first-order valence-corrected chi connectivity index (χ1v) is 5.13. The summed E-state index contributed by atoms with van der Waals surface area (Å²) in [5.41, 5.74) is -2.82. The van der Waals surface area contributed by atoms with E-state index in [-0.39, 0.29) is 5.52 Å². The molecule has 98 valence electrons. The summed E-state index contributed by atoms with van der Waals surface area (Å²) in [6, 6.07) is 0.663. The van der Waals surface area contributed by atoms with E-state index in [0.717, 1.165) is 6.20 Å². The number of fused-ring (bicyclic) bond motifs is 1. The number of pyridine rings is 1. The number of nitrogens with one attached hydrogen (secondary N) is 1. The number of rotatable bonds is 2. The van der Waals surface area contributed by atoms with Crippen molar-refractivity contribution in [3.05, 3.63) is 49.0 Å². The van der Waals surface area contributed by atoms with E-state index < -0.39 is 43.8 Å². The van der Waals surface area contributed by atoms with Gasteiger partial charge in [-0.25, -0.2) is 9.18 Å². The maximum Gasteiger partial charge on any atom is 0.341 e. The van der Waals surface area contributed by atoms with Crippen LogP contribution >= 0.6 is 11.6 Å². The van der Waals surface area contributed by atoms with Crippen LogP contribution in [0.3, 0.4) is 0 Å². The van der Waals surface area contributed by atoms with E-state index in [2.05, 4.69) is 4.98 Å². The number of hydrogen-bond acceptors (Lipinski definition) is 4. The van der Waals surface area contributed by atoms with Crippen molar-refractivity contribution in [2.75, 3.05) is 0 Å². The number of nitro benzene ring substituents is 1. The Balaban J connectivity index is 3.03. The van der Waals surface area contributed by atoms with Crippen molar-refractivity contribution in [2.24, 2.45) is 0 Å². The summed E-state index contributed by atoms with van der Waals surface area (Å²) in [4.78, 5) is 34.7. The van der Waals surface area contributed by atoms with Crippen molar-refractivity contribution in [1.29, 1.82) is 0 Å². The van der Waals surface area contributed by atoms with Crippen LogP contribution in [-0.4, -0.2) is 21.0 Å². The lowest BCUT2D eigenvalue weighted by molar-refractivity contribution is -0.383. The smallest absolute Gasteiger partial charge is 0.341 e. The third kappa shape index (κ3) is 1.91. The quantitative estimate of drug-likeness (QED) is 0.647. The number of carboxylic acids is 1. The summed E-state index contributed by atoms with van der Waals surface area (Å²) in [7, 11) is 0. The molecule has 2 rings (SSSR count). The Labute approximate surface area is 108 Å². The number of H-pyrrole nitrogens is 1. The highest BCUT2D eigenvalue weighted by atomic mass is 35.5. The maximum atomic E-state index is 13.4. The molecule has 2 N–H and O–H groups in total. The molecule has 0 atom stereocenters. The number of aromatic nitrogens is 1. The fourth-order valence-corrected chi connectivity index (χ4v) is 1.84. The van der Waals surface area contributed by atoms with Gasteiger partial charge in [0.05, 0.1) is 10.3 Å². The van der Waals surface area contributed by atoms with Crippen molar-refractivity contribution in [1.82, 2.24) is 4.98 Å². The van der Waals surface area contributed by atoms with E-state index in [4.69, 9.17) is 16.7 Å². The Morgan fingerprint density at radius 3 is 2.68 bits per heavy atom. The van der Waals surface area contributed by atoms with Gasteiger partial charge in [0.25, 0.3) is 0 Å². The van der Waals surface area contributed by atoms with Crippen LogP contribution < -0.4 is 5.43 Å². The van der Waals surface area contributed by atoms with Gasteiger partial charge in [0.2, 0.25) is 5.43 Å². The second kappa shape index (κ2) is 4.32. The molecule has 0 spiro atoms. The molecule has 0 aliphatic heterocycles. The van der Waals surface area contributed by atoms with Crippen LogP contribution in [0, 0.1) is 15.9 Å². The third-order valence-electron chi connectivity index (χ3n) is 2.46. The van der Waals surface area contributed by atoms with Gasteiger partial charge in [-0.15, -0.1) is 0 Å². The van der Waals surface area contributed by atoms with Gasteiger partial charge in [-0.2, -0.15) is 0 Å². The first kappa shape index (κ1) is 13.0. The van der Waals surface area contributed by atoms with E-state index in [1.165, 1.54) is 0 Å². The summed E-state index contributed by atoms with van der Waals surface area (Å²) in [5, 5.41) is 18.4. The molecule has 0 aliphatic carbocycles. The molecule has 2 aromatic rings. The Bertz CT molecular complexity index is 786. The first-order chi connectivity index (χ1) is 8.84. The fraction of sp³-hybridized carbons (Fsp3) is 0. The first-order valence-electron chi connectivity index (χ1n) is 4.75. The number of hydrogen-bond donors (Lipinski definition) is 2. The topological polar surface area (TPSA) is 113 Å². The number of benzene rings is 1. The number of aromatic amines is 1. The van der Waals surface area contributed by atoms with Gasteiger partial charge in [0, 0.05) is 6.20 Å². The minimum atomic E-state index is -1.53. The highest BCUT2D eigenvalue weighted by Crippen LogP contribution is 2.33. The summed E-state index contributed by atoms with van der Waals surface area (Å²) in [6.45, 7) is 0. The van der Waals surface area contributed by atoms with Gasteiger partial charge >= 0.3 is 11.7 Å². The predicted molar refractivity (Wildman–Crippen MR) is 63.2 cm³/mol. The van der Waals surface area contributed by atoms with Crippen LogP contribution in [0.2, 0.25) is 5.02 Å². The summed E-state index contributed by atoms with van der Waals surface area (Å²) < 4.78 is 13.4. The molecule has 0 bridgehead atoms. The third-order valence-corrected chi connectivity index (χ3v) is 2.82. The highest BCUT2D eigenvalue weighted by molar-refractivity contribution is 6.34. The zero-order chi connectivity index (χ0) is 14.3. The van der Waals surface area contributed by atoms with Crippen molar-refractivity contribution < 1.29 is 19.2 Å². The molecule has 0 unspecified atom stereocenters. The second-order valence-electron chi connectivity index (χ2n) is 3.54. The van der Waals surface area contributed by atoms with Crippen LogP contribution in [0.1, 0.15) is 10.4 Å². The number of halogens is 2. The molecule has 0 aliphatic rings. The summed E-state index contributed by atoms with van der Waals surface area (Å²) >= 11 is 5.47. The van der Waals surface area contributed by atoms with Gasteiger partial charge in [0.1, 0.15) is 16.9 Å². The number of nitro groups is 1. The largest absolute Gasteiger partial charge is 0.477 e. The molecule has 1 aromatic carbocycles. The molecule has 1 heterocycles. The molecule has 0 radical (unpaired) electrons. The average molecular weight is 287 g/mol. The van der Waals surface area contributed by atoms with E-state index in [9.17, 15) is 24.1 Å². The summed E-state index contributed by atoms with van der Waals surface area (Å²) in [5.74, 6) is -2.70. The van der Waals surface area contributed by atoms with Crippen molar-refractivity contribution in [2.45, 2.75) is 0 Å². The lowest BCUT2D eigenvalue weighted by Crippen LogP contribution is -2.16. The van der Waals surface area contributed by atoms with Crippen LogP contribution in [0.25, 0.3) is 10.9 Å². The monoisotopic (exact) mass is 286 g/mol. The van der Waals surface area contributed by atoms with Crippen molar-refractivity contribution in [3.63, 3.8) is 0 Å². The Morgan fingerprint density at radius 2 is 2.16 bits per heavy atom. The molecule has 0 saturated heterocycles. The Kier molecular flexibility index (Phi) is 2.95. The molecular weight excluding hydrogens is 283 g/mol. The molecular formula is C10H4ClFN2O5.